The van der Waals surface area contributed by atoms with Gasteiger partial charge in [0.1, 0.15) is 19.2 Å². The number of hydrogen-bond acceptors (Lipinski definition) is 5. The van der Waals surface area contributed by atoms with E-state index in [9.17, 15) is 19.0 Å². The molecule has 0 aromatic heterocycles. The molecule has 0 rings (SSSR count). The number of nitrogens with one attached hydrogen (secondary N) is 2. The van der Waals surface area contributed by atoms with Gasteiger partial charge in [-0.1, -0.05) is 149 Å². The molecule has 0 saturated carbocycles. The lowest BCUT2D eigenvalue weighted by Gasteiger charge is -2.24. The van der Waals surface area contributed by atoms with Gasteiger partial charge in [0, 0.05) is 13.0 Å². The highest BCUT2D eigenvalue weighted by atomic mass is 31.2. The third-order valence-electron chi connectivity index (χ3n) is 8.41. The second-order valence-electron chi connectivity index (χ2n) is 14.2. The van der Waals surface area contributed by atoms with Crippen LogP contribution >= 0.6 is 7.82 Å². The molecule has 0 fully saturated rings. The van der Waals surface area contributed by atoms with Crippen molar-refractivity contribution < 1.29 is 32.6 Å². The van der Waals surface area contributed by atoms with Crippen LogP contribution in [0.4, 0.5) is 0 Å². The fourth-order valence-electron chi connectivity index (χ4n) is 5.34. The maximum Gasteiger partial charge on any atom is 0.472 e. The van der Waals surface area contributed by atoms with Crippen molar-refractivity contribution in [1.29, 1.82) is 0 Å². The molecule has 2 atom stereocenters. The lowest BCUT2D eigenvalue weighted by atomic mass is 10.1. The fraction of sp³-hybridized carbons (Fsp3) is 0.944. The number of carbonyl (C=O) groups excluding carboxylic acids is 2. The lowest BCUT2D eigenvalue weighted by molar-refractivity contribution is -0.870. The summed E-state index contributed by atoms with van der Waals surface area (Å²) in [5, 5.41) is 5.62. The van der Waals surface area contributed by atoms with Gasteiger partial charge in [0.15, 0.2) is 0 Å². The van der Waals surface area contributed by atoms with Crippen LogP contribution in [0.3, 0.4) is 0 Å². The van der Waals surface area contributed by atoms with E-state index in [1.807, 2.05) is 21.1 Å². The third kappa shape index (κ3) is 31.6. The maximum absolute atomic E-state index is 13.0. The normalized spacial score (nSPS) is 13.8. The lowest BCUT2D eigenvalue weighted by Crippen LogP contribution is -2.49. The number of likely N-dealkylation sites (N-methyl/N-ethyl adjacent to an activating group) is 1. The molecule has 0 aromatic carbocycles. The molecule has 3 N–H and O–H groups in total. The minimum absolute atomic E-state index is 0.0400. The maximum atomic E-state index is 13.0. The number of amides is 2. The van der Waals surface area contributed by atoms with Gasteiger partial charge in [-0.15, -0.1) is 0 Å². The van der Waals surface area contributed by atoms with E-state index in [-0.39, 0.29) is 12.5 Å². The van der Waals surface area contributed by atoms with Crippen LogP contribution in [-0.2, 0) is 23.2 Å². The molecule has 2 unspecified atom stereocenters. The van der Waals surface area contributed by atoms with Crippen LogP contribution in [0.5, 0.6) is 0 Å². The molecule has 0 aromatic rings. The van der Waals surface area contributed by atoms with Gasteiger partial charge < -0.3 is 20.0 Å². The molecule has 10 heteroatoms. The summed E-state index contributed by atoms with van der Waals surface area (Å²) in [7, 11) is 1.49. The zero-order valence-corrected chi connectivity index (χ0v) is 31.7. The summed E-state index contributed by atoms with van der Waals surface area (Å²) >= 11 is 0. The second kappa shape index (κ2) is 30.1. The fourth-order valence-corrected chi connectivity index (χ4v) is 6.06. The Bertz CT molecular complexity index is 777. The van der Waals surface area contributed by atoms with Crippen molar-refractivity contribution in [2.45, 2.75) is 174 Å². The molecule has 0 aliphatic heterocycles. The number of rotatable bonds is 34. The Hall–Kier alpha value is -0.990. The topological polar surface area (TPSA) is 114 Å². The van der Waals surface area contributed by atoms with Gasteiger partial charge in [0.2, 0.25) is 11.8 Å². The highest BCUT2D eigenvalue weighted by Crippen LogP contribution is 2.43. The highest BCUT2D eigenvalue weighted by molar-refractivity contribution is 7.47. The van der Waals surface area contributed by atoms with Crippen LogP contribution in [0.25, 0.3) is 0 Å². The van der Waals surface area contributed by atoms with Crippen LogP contribution in [0, 0.1) is 0 Å². The number of quaternary nitrogens is 1. The Morgan fingerprint density at radius 2 is 1.07 bits per heavy atom. The quantitative estimate of drug-likeness (QED) is 0.0357. The predicted octanol–water partition coefficient (Wildman–Crippen LogP) is 8.83. The Labute approximate surface area is 283 Å². The Morgan fingerprint density at radius 1 is 0.652 bits per heavy atom. The predicted molar refractivity (Wildman–Crippen MR) is 192 cm³/mol. The van der Waals surface area contributed by atoms with E-state index in [4.69, 9.17) is 9.05 Å². The van der Waals surface area contributed by atoms with Gasteiger partial charge in [-0.25, -0.2) is 4.57 Å². The standard InChI is InChI=1S/C36H74N3O6P/c1-6-8-10-12-14-16-18-20-22-24-26-28-30-37-36(41)34(33-45-46(42,43)44-32-31-39(3,4)5)38-35(40)29-27-25-23-21-19-17-15-13-11-9-7-2/h34H,6-33H2,1-5H3,(H2-,37,38,40,41,42,43)/p+1. The minimum atomic E-state index is -4.37. The first-order chi connectivity index (χ1) is 22.0. The summed E-state index contributed by atoms with van der Waals surface area (Å²) in [6.07, 6.45) is 28.3. The molecule has 0 spiro atoms. The number of nitrogens with zero attached hydrogens (tertiary/aromatic N) is 1. The third-order valence-corrected chi connectivity index (χ3v) is 9.39. The molecule has 0 aliphatic rings. The zero-order valence-electron chi connectivity index (χ0n) is 30.8. The molecule has 0 radical (unpaired) electrons. The molecule has 0 saturated heterocycles. The Morgan fingerprint density at radius 3 is 1.50 bits per heavy atom. The van der Waals surface area contributed by atoms with Crippen molar-refractivity contribution in [2.24, 2.45) is 0 Å². The number of phosphoric acid groups is 1. The number of unbranched alkanes of at least 4 members (excludes halogenated alkanes) is 21. The largest absolute Gasteiger partial charge is 0.472 e. The van der Waals surface area contributed by atoms with E-state index < -0.39 is 26.4 Å². The minimum Gasteiger partial charge on any atom is -0.354 e. The summed E-state index contributed by atoms with van der Waals surface area (Å²) < 4.78 is 23.3. The van der Waals surface area contributed by atoms with Gasteiger partial charge in [-0.2, -0.15) is 0 Å². The van der Waals surface area contributed by atoms with Gasteiger partial charge in [0.25, 0.3) is 0 Å². The first-order valence-corrected chi connectivity index (χ1v) is 20.5. The zero-order chi connectivity index (χ0) is 34.4. The summed E-state index contributed by atoms with van der Waals surface area (Å²) in [6.45, 7) is 5.12. The van der Waals surface area contributed by atoms with Gasteiger partial charge in [-0.05, 0) is 12.8 Å². The van der Waals surface area contributed by atoms with E-state index in [2.05, 4.69) is 24.5 Å². The Kier molecular flexibility index (Phi) is 29.4. The van der Waals surface area contributed by atoms with Crippen LogP contribution in [0.1, 0.15) is 168 Å². The highest BCUT2D eigenvalue weighted by Gasteiger charge is 2.28. The van der Waals surface area contributed by atoms with E-state index in [0.717, 1.165) is 38.5 Å². The van der Waals surface area contributed by atoms with Crippen molar-refractivity contribution in [3.8, 4) is 0 Å². The SMILES string of the molecule is CCCCCCCCCCCCCCNC(=O)C(COP(=O)(O)OCC[N+](C)(C)C)NC(=O)CCCCCCCCCCCCC. The monoisotopic (exact) mass is 677 g/mol. The van der Waals surface area contributed by atoms with Crippen LogP contribution < -0.4 is 10.6 Å². The number of carbonyl (C=O) groups is 2. The molecule has 0 aliphatic carbocycles. The van der Waals surface area contributed by atoms with Crippen molar-refractivity contribution in [3.63, 3.8) is 0 Å². The van der Waals surface area contributed by atoms with Crippen LogP contribution in [0.15, 0.2) is 0 Å². The molecule has 274 valence electrons. The summed E-state index contributed by atoms with van der Waals surface area (Å²) in [5.41, 5.74) is 0. The smallest absolute Gasteiger partial charge is 0.354 e. The first-order valence-electron chi connectivity index (χ1n) is 19.0. The van der Waals surface area contributed by atoms with Crippen LogP contribution in [0.2, 0.25) is 0 Å². The second-order valence-corrected chi connectivity index (χ2v) is 15.7. The van der Waals surface area contributed by atoms with E-state index in [0.29, 0.717) is 24.0 Å². The summed E-state index contributed by atoms with van der Waals surface area (Å²) in [5.74, 6) is -0.648. The van der Waals surface area contributed by atoms with E-state index >= 15 is 0 Å². The number of phosphoric ester groups is 1. The molecule has 46 heavy (non-hydrogen) atoms. The molecule has 0 bridgehead atoms. The van der Waals surface area contributed by atoms with Gasteiger partial charge in [0.05, 0.1) is 27.7 Å². The molecule has 0 heterocycles. The van der Waals surface area contributed by atoms with Crippen LogP contribution in [-0.4, -0.2) is 74.7 Å². The molecule has 9 nitrogen and oxygen atoms in total. The molecular weight excluding hydrogens is 601 g/mol. The number of hydrogen-bond donors (Lipinski definition) is 3. The summed E-state index contributed by atoms with van der Waals surface area (Å²) in [4.78, 5) is 35.8. The molecule has 2 amide bonds. The Balaban J connectivity index is 4.46. The van der Waals surface area contributed by atoms with Crippen molar-refractivity contribution in [2.75, 3.05) is 47.4 Å². The average Bonchev–Trinajstić information content (AvgIpc) is 2.99. The summed E-state index contributed by atoms with van der Waals surface area (Å²) in [6, 6.07) is -1.06. The first kappa shape index (κ1) is 45.0. The molecular formula is C36H75N3O6P+. The van der Waals surface area contributed by atoms with Gasteiger partial charge >= 0.3 is 7.82 Å². The van der Waals surface area contributed by atoms with Crippen molar-refractivity contribution >= 4 is 19.6 Å². The van der Waals surface area contributed by atoms with Crippen molar-refractivity contribution in [1.82, 2.24) is 10.6 Å². The average molecular weight is 677 g/mol. The van der Waals surface area contributed by atoms with E-state index in [1.54, 1.807) is 0 Å². The van der Waals surface area contributed by atoms with E-state index in [1.165, 1.54) is 109 Å². The van der Waals surface area contributed by atoms with Crippen molar-refractivity contribution in [3.05, 3.63) is 0 Å². The van der Waals surface area contributed by atoms with Gasteiger partial charge in [-0.3, -0.25) is 18.6 Å².